The molecule has 0 fully saturated rings. The van der Waals surface area contributed by atoms with Crippen LogP contribution in [0.25, 0.3) is 0 Å². The molecule has 7 heteroatoms. The molecule has 0 radical (unpaired) electrons. The molecule has 1 amide bonds. The molecule has 0 saturated heterocycles. The van der Waals surface area contributed by atoms with Crippen LogP contribution in [0, 0.1) is 16.0 Å². The quantitative estimate of drug-likeness (QED) is 0.470. The van der Waals surface area contributed by atoms with Crippen molar-refractivity contribution < 1.29 is 9.72 Å². The van der Waals surface area contributed by atoms with Crippen molar-refractivity contribution >= 4 is 11.9 Å². The van der Waals surface area contributed by atoms with Gasteiger partial charge in [0.05, 0.1) is 0 Å². The van der Waals surface area contributed by atoms with E-state index in [9.17, 15) is 14.9 Å². The highest BCUT2D eigenvalue weighted by Crippen LogP contribution is 2.17. The van der Waals surface area contributed by atoms with Gasteiger partial charge in [0.25, 0.3) is 5.91 Å². The van der Waals surface area contributed by atoms with Gasteiger partial charge >= 0.3 is 5.95 Å². The zero-order valence-electron chi connectivity index (χ0n) is 9.61. The lowest BCUT2D eigenvalue weighted by Crippen LogP contribution is -2.25. The number of rotatable bonds is 5. The number of amides is 1. The average Bonchev–Trinajstić information content (AvgIpc) is 2.65. The van der Waals surface area contributed by atoms with Gasteiger partial charge in [0, 0.05) is 0 Å². The molecule has 1 unspecified atom stereocenters. The molecule has 92 valence electrons. The van der Waals surface area contributed by atoms with E-state index >= 15 is 0 Å². The van der Waals surface area contributed by atoms with E-state index in [1.807, 2.05) is 13.8 Å². The molecule has 1 atom stereocenters. The molecule has 0 aliphatic carbocycles. The van der Waals surface area contributed by atoms with Crippen LogP contribution in [0.1, 0.15) is 19.9 Å². The monoisotopic (exact) mass is 238 g/mol. The Balaban J connectivity index is 3.10. The fourth-order valence-electron chi connectivity index (χ4n) is 1.32. The molecule has 17 heavy (non-hydrogen) atoms. The van der Waals surface area contributed by atoms with Gasteiger partial charge in [-0.05, 0) is 16.9 Å². The predicted octanol–water partition coefficient (Wildman–Crippen LogP) is 1.03. The van der Waals surface area contributed by atoms with Crippen molar-refractivity contribution in [1.82, 2.24) is 9.55 Å². The summed E-state index contributed by atoms with van der Waals surface area (Å²) in [7, 11) is 0. The van der Waals surface area contributed by atoms with Crippen LogP contribution < -0.4 is 5.73 Å². The number of nitrogens with two attached hydrogens (primary N) is 1. The Morgan fingerprint density at radius 1 is 1.59 bits per heavy atom. The maximum atomic E-state index is 11.3. The van der Waals surface area contributed by atoms with Gasteiger partial charge in [0.2, 0.25) is 0 Å². The number of hydrogen-bond acceptors (Lipinski definition) is 4. The van der Waals surface area contributed by atoms with Crippen LogP contribution >= 0.6 is 0 Å². The lowest BCUT2D eigenvalue weighted by molar-refractivity contribution is -0.396. The normalized spacial score (nSPS) is 13.1. The van der Waals surface area contributed by atoms with Crippen LogP contribution in [-0.4, -0.2) is 20.4 Å². The molecule has 0 aliphatic rings. The smallest absolute Gasteiger partial charge is 0.390 e. The minimum Gasteiger partial charge on any atom is -0.390 e. The molecule has 0 aromatic carbocycles. The van der Waals surface area contributed by atoms with E-state index < -0.39 is 22.8 Å². The highest BCUT2D eigenvalue weighted by atomic mass is 16.6. The Bertz CT molecular complexity index is 450. The maximum Gasteiger partial charge on any atom is 0.435 e. The van der Waals surface area contributed by atoms with Gasteiger partial charge in [-0.1, -0.05) is 24.9 Å². The molecule has 1 heterocycles. The number of primary amides is 1. The summed E-state index contributed by atoms with van der Waals surface area (Å²) < 4.78 is 1.14. The first kappa shape index (κ1) is 12.9. The van der Waals surface area contributed by atoms with E-state index in [1.54, 1.807) is 12.2 Å². The van der Waals surface area contributed by atoms with Crippen molar-refractivity contribution in [1.29, 1.82) is 0 Å². The number of aromatic nitrogens is 2. The standard InChI is InChI=1S/C10H14N4O3/c1-7(2)3-4-8(9(11)15)13-6-5-12-10(13)14(16)17/h3-8H,1-2H3,(H2,11,15). The first-order valence-electron chi connectivity index (χ1n) is 5.08. The summed E-state index contributed by atoms with van der Waals surface area (Å²) in [5.41, 5.74) is 5.22. The minimum atomic E-state index is -0.889. The van der Waals surface area contributed by atoms with Gasteiger partial charge in [-0.25, -0.2) is 4.57 Å². The third-order valence-electron chi connectivity index (χ3n) is 2.08. The highest BCUT2D eigenvalue weighted by Gasteiger charge is 2.25. The summed E-state index contributed by atoms with van der Waals surface area (Å²) in [6.07, 6.45) is 5.93. The van der Waals surface area contributed by atoms with Gasteiger partial charge < -0.3 is 15.8 Å². The second-order valence-corrected chi connectivity index (χ2v) is 3.87. The van der Waals surface area contributed by atoms with Crippen molar-refractivity contribution in [2.24, 2.45) is 11.7 Å². The van der Waals surface area contributed by atoms with Gasteiger partial charge in [-0.15, -0.1) is 0 Å². The first-order valence-corrected chi connectivity index (χ1v) is 5.08. The molecule has 1 aromatic rings. The van der Waals surface area contributed by atoms with E-state index in [4.69, 9.17) is 5.73 Å². The van der Waals surface area contributed by atoms with Crippen LogP contribution in [0.15, 0.2) is 24.5 Å². The zero-order chi connectivity index (χ0) is 13.0. The Morgan fingerprint density at radius 2 is 2.24 bits per heavy atom. The molecular formula is C10H14N4O3. The maximum absolute atomic E-state index is 11.3. The number of nitro groups is 1. The van der Waals surface area contributed by atoms with Gasteiger partial charge in [0.15, 0.2) is 6.04 Å². The van der Waals surface area contributed by atoms with E-state index in [0.29, 0.717) is 0 Å². The highest BCUT2D eigenvalue weighted by molar-refractivity contribution is 5.80. The largest absolute Gasteiger partial charge is 0.435 e. The van der Waals surface area contributed by atoms with Gasteiger partial charge in [0.1, 0.15) is 12.4 Å². The number of allylic oxidation sites excluding steroid dienone is 1. The first-order chi connectivity index (χ1) is 7.93. The molecule has 0 aliphatic heterocycles. The lowest BCUT2D eigenvalue weighted by Gasteiger charge is -2.08. The summed E-state index contributed by atoms with van der Waals surface area (Å²) >= 11 is 0. The van der Waals surface area contributed by atoms with Gasteiger partial charge in [-0.2, -0.15) is 0 Å². The molecule has 1 aromatic heterocycles. The second kappa shape index (κ2) is 5.24. The number of carbonyl (C=O) groups is 1. The Morgan fingerprint density at radius 3 is 2.71 bits per heavy atom. The van der Waals surface area contributed by atoms with E-state index in [2.05, 4.69) is 4.98 Å². The summed E-state index contributed by atoms with van der Waals surface area (Å²) in [5, 5.41) is 10.7. The molecule has 7 nitrogen and oxygen atoms in total. The summed E-state index contributed by atoms with van der Waals surface area (Å²) in [6, 6.07) is -0.889. The fourth-order valence-corrected chi connectivity index (χ4v) is 1.32. The summed E-state index contributed by atoms with van der Waals surface area (Å²) in [6.45, 7) is 3.85. The molecule has 0 saturated carbocycles. The third-order valence-corrected chi connectivity index (χ3v) is 2.08. The zero-order valence-corrected chi connectivity index (χ0v) is 9.61. The average molecular weight is 238 g/mol. The fraction of sp³-hybridized carbons (Fsp3) is 0.400. The van der Waals surface area contributed by atoms with E-state index in [-0.39, 0.29) is 5.92 Å². The van der Waals surface area contributed by atoms with Crippen LogP contribution in [0.4, 0.5) is 5.95 Å². The van der Waals surface area contributed by atoms with Crippen molar-refractivity contribution in [2.75, 3.05) is 0 Å². The Labute approximate surface area is 98.1 Å². The summed E-state index contributed by atoms with van der Waals surface area (Å²) in [4.78, 5) is 24.9. The van der Waals surface area contributed by atoms with Crippen LogP contribution in [0.5, 0.6) is 0 Å². The third kappa shape index (κ3) is 3.13. The SMILES string of the molecule is CC(C)C=CC(C(N)=O)n1ccnc1[N+](=O)[O-]. The van der Waals surface area contributed by atoms with Crippen LogP contribution in [-0.2, 0) is 4.79 Å². The van der Waals surface area contributed by atoms with Crippen LogP contribution in [0.3, 0.4) is 0 Å². The topological polar surface area (TPSA) is 104 Å². The molecule has 2 N–H and O–H groups in total. The second-order valence-electron chi connectivity index (χ2n) is 3.87. The Kier molecular flexibility index (Phi) is 3.97. The predicted molar refractivity (Wildman–Crippen MR) is 61.1 cm³/mol. The van der Waals surface area contributed by atoms with E-state index in [1.165, 1.54) is 12.4 Å². The Hall–Kier alpha value is -2.18. The number of carbonyl (C=O) groups excluding carboxylic acids is 1. The van der Waals surface area contributed by atoms with Gasteiger partial charge in [-0.3, -0.25) is 4.79 Å². The number of imidazole rings is 1. The molecule has 1 rings (SSSR count). The molecular weight excluding hydrogens is 224 g/mol. The number of nitrogens with zero attached hydrogens (tertiary/aromatic N) is 3. The minimum absolute atomic E-state index is 0.222. The van der Waals surface area contributed by atoms with Crippen molar-refractivity contribution in [3.05, 3.63) is 34.7 Å². The molecule has 0 bridgehead atoms. The summed E-state index contributed by atoms with van der Waals surface area (Å²) in [5.74, 6) is -0.843. The van der Waals surface area contributed by atoms with Crippen molar-refractivity contribution in [3.63, 3.8) is 0 Å². The molecule has 0 spiro atoms. The number of hydrogen-bond donors (Lipinski definition) is 1. The van der Waals surface area contributed by atoms with Crippen molar-refractivity contribution in [2.45, 2.75) is 19.9 Å². The lowest BCUT2D eigenvalue weighted by atomic mass is 10.1. The van der Waals surface area contributed by atoms with E-state index in [0.717, 1.165) is 4.57 Å². The van der Waals surface area contributed by atoms with Crippen LogP contribution in [0.2, 0.25) is 0 Å². The van der Waals surface area contributed by atoms with Crippen molar-refractivity contribution in [3.8, 4) is 0 Å².